The topological polar surface area (TPSA) is 72.9 Å². The van der Waals surface area contributed by atoms with Crippen LogP contribution in [-0.4, -0.2) is 22.2 Å². The first-order valence-electron chi connectivity index (χ1n) is 7.55. The zero-order valence-corrected chi connectivity index (χ0v) is 13.4. The highest BCUT2D eigenvalue weighted by Crippen LogP contribution is 2.17. The van der Waals surface area contributed by atoms with E-state index in [-0.39, 0.29) is 11.9 Å². The van der Waals surface area contributed by atoms with Crippen LogP contribution >= 0.6 is 0 Å². The third-order valence-electron chi connectivity index (χ3n) is 3.67. The average Bonchev–Trinajstić information content (AvgIpc) is 2.90. The maximum atomic E-state index is 11.9. The van der Waals surface area contributed by atoms with E-state index in [0.717, 1.165) is 11.1 Å². The molecule has 0 bridgehead atoms. The van der Waals surface area contributed by atoms with Gasteiger partial charge in [-0.15, -0.1) is 0 Å². The van der Waals surface area contributed by atoms with E-state index in [1.165, 1.54) is 5.56 Å². The Morgan fingerprint density at radius 3 is 2.45 bits per heavy atom. The van der Waals surface area contributed by atoms with E-state index in [1.807, 2.05) is 25.4 Å². The molecular weight excluding hydrogens is 276 g/mol. The molecule has 0 saturated carbocycles. The second-order valence-corrected chi connectivity index (χ2v) is 5.93. The number of rotatable bonds is 6. The monoisotopic (exact) mass is 300 g/mol. The van der Waals surface area contributed by atoms with Gasteiger partial charge in [0.2, 0.25) is 5.91 Å². The van der Waals surface area contributed by atoms with Crippen molar-refractivity contribution < 1.29 is 4.79 Å². The second-order valence-electron chi connectivity index (χ2n) is 5.93. The van der Waals surface area contributed by atoms with Crippen molar-refractivity contribution in [3.8, 4) is 0 Å². The Morgan fingerprint density at radius 1 is 1.27 bits per heavy atom. The molecule has 2 rings (SSSR count). The Labute approximate surface area is 131 Å². The van der Waals surface area contributed by atoms with Crippen LogP contribution in [0.2, 0.25) is 0 Å². The Balaban J connectivity index is 1.83. The van der Waals surface area contributed by atoms with Gasteiger partial charge in [-0.3, -0.25) is 9.48 Å². The fourth-order valence-corrected chi connectivity index (χ4v) is 2.28. The second kappa shape index (κ2) is 7.22. The number of carbonyl (C=O) groups is 1. The summed E-state index contributed by atoms with van der Waals surface area (Å²) in [6.07, 6.45) is 3.86. The molecule has 0 fully saturated rings. The smallest absolute Gasteiger partial charge is 0.224 e. The predicted octanol–water partition coefficient (Wildman–Crippen LogP) is 1.90. The number of aryl methyl sites for hydroxylation is 1. The lowest BCUT2D eigenvalue weighted by Crippen LogP contribution is -2.32. The van der Waals surface area contributed by atoms with Gasteiger partial charge in [0.05, 0.1) is 12.6 Å². The number of amides is 1. The van der Waals surface area contributed by atoms with Crippen LogP contribution in [0.5, 0.6) is 0 Å². The van der Waals surface area contributed by atoms with E-state index < -0.39 is 0 Å². The fraction of sp³-hybridized carbons (Fsp3) is 0.412. The normalized spacial score (nSPS) is 12.4. The Kier molecular flexibility index (Phi) is 5.33. The van der Waals surface area contributed by atoms with Crippen LogP contribution in [0.1, 0.15) is 42.5 Å². The van der Waals surface area contributed by atoms with Crippen LogP contribution in [0.3, 0.4) is 0 Å². The molecule has 1 aromatic carbocycles. The Hall–Kier alpha value is -2.14. The molecule has 3 N–H and O–H groups in total. The van der Waals surface area contributed by atoms with Gasteiger partial charge < -0.3 is 11.1 Å². The van der Waals surface area contributed by atoms with Gasteiger partial charge in [0.15, 0.2) is 0 Å². The van der Waals surface area contributed by atoms with Gasteiger partial charge in [-0.25, -0.2) is 0 Å². The maximum Gasteiger partial charge on any atom is 0.224 e. The van der Waals surface area contributed by atoms with Crippen molar-refractivity contribution in [2.75, 3.05) is 6.54 Å². The van der Waals surface area contributed by atoms with Gasteiger partial charge in [0.25, 0.3) is 0 Å². The van der Waals surface area contributed by atoms with Crippen molar-refractivity contribution >= 4 is 5.91 Å². The van der Waals surface area contributed by atoms with E-state index in [1.54, 1.807) is 10.9 Å². The molecule has 0 aliphatic heterocycles. The van der Waals surface area contributed by atoms with Gasteiger partial charge >= 0.3 is 0 Å². The van der Waals surface area contributed by atoms with Crippen LogP contribution in [0.25, 0.3) is 0 Å². The molecule has 1 atom stereocenters. The lowest BCUT2D eigenvalue weighted by Gasteiger charge is -2.14. The summed E-state index contributed by atoms with van der Waals surface area (Å²) in [5.41, 5.74) is 9.36. The van der Waals surface area contributed by atoms with Crippen molar-refractivity contribution in [2.45, 2.75) is 32.2 Å². The number of nitrogens with one attached hydrogen (secondary N) is 1. The molecule has 22 heavy (non-hydrogen) atoms. The minimum Gasteiger partial charge on any atom is -0.354 e. The lowest BCUT2D eigenvalue weighted by atomic mass is 9.99. The van der Waals surface area contributed by atoms with Crippen molar-refractivity contribution in [3.63, 3.8) is 0 Å². The van der Waals surface area contributed by atoms with Gasteiger partial charge in [-0.2, -0.15) is 5.10 Å². The van der Waals surface area contributed by atoms with Crippen LogP contribution in [0.4, 0.5) is 0 Å². The van der Waals surface area contributed by atoms with Crippen LogP contribution in [0.15, 0.2) is 36.7 Å². The highest BCUT2D eigenvalue weighted by molar-refractivity contribution is 5.78. The average molecular weight is 300 g/mol. The molecular formula is C17H24N4O. The highest BCUT2D eigenvalue weighted by atomic mass is 16.1. The SMILES string of the molecule is CC(C)c1ccc(C(N)CNC(=O)Cc2cnn(C)c2)cc1. The minimum atomic E-state index is -0.195. The summed E-state index contributed by atoms with van der Waals surface area (Å²) in [4.78, 5) is 11.9. The molecule has 2 aromatic rings. The van der Waals surface area contributed by atoms with Gasteiger partial charge in [0, 0.05) is 25.8 Å². The Bertz CT molecular complexity index is 616. The van der Waals surface area contributed by atoms with E-state index in [4.69, 9.17) is 5.73 Å². The summed E-state index contributed by atoms with van der Waals surface area (Å²) in [7, 11) is 1.83. The number of aromatic nitrogens is 2. The van der Waals surface area contributed by atoms with Gasteiger partial charge in [-0.05, 0) is 22.6 Å². The van der Waals surface area contributed by atoms with Crippen LogP contribution < -0.4 is 11.1 Å². The third kappa shape index (κ3) is 4.43. The molecule has 0 spiro atoms. The molecule has 1 heterocycles. The first-order valence-corrected chi connectivity index (χ1v) is 7.55. The first kappa shape index (κ1) is 16.2. The van der Waals surface area contributed by atoms with Crippen molar-refractivity contribution in [2.24, 2.45) is 12.8 Å². The summed E-state index contributed by atoms with van der Waals surface area (Å²) < 4.78 is 1.69. The standard InChI is InChI=1S/C17H24N4O/c1-12(2)14-4-6-15(7-5-14)16(18)10-19-17(22)8-13-9-20-21(3)11-13/h4-7,9,11-12,16H,8,10,18H2,1-3H3,(H,19,22). The highest BCUT2D eigenvalue weighted by Gasteiger charge is 2.10. The number of carbonyl (C=O) groups excluding carboxylic acids is 1. The molecule has 118 valence electrons. The predicted molar refractivity (Wildman–Crippen MR) is 87.4 cm³/mol. The molecule has 5 nitrogen and oxygen atoms in total. The molecule has 0 aliphatic carbocycles. The molecule has 1 unspecified atom stereocenters. The number of hydrogen-bond donors (Lipinski definition) is 2. The first-order chi connectivity index (χ1) is 10.5. The van der Waals surface area contributed by atoms with Gasteiger partial charge in [-0.1, -0.05) is 38.1 Å². The summed E-state index contributed by atoms with van der Waals surface area (Å²) in [5, 5.41) is 6.92. The lowest BCUT2D eigenvalue weighted by molar-refractivity contribution is -0.120. The minimum absolute atomic E-state index is 0.0396. The van der Waals surface area contributed by atoms with Crippen LogP contribution in [0, 0.1) is 0 Å². The van der Waals surface area contributed by atoms with Crippen LogP contribution in [-0.2, 0) is 18.3 Å². The maximum absolute atomic E-state index is 11.9. The molecule has 0 radical (unpaired) electrons. The molecule has 0 aliphatic rings. The molecule has 1 aromatic heterocycles. The van der Waals surface area contributed by atoms with Crippen molar-refractivity contribution in [3.05, 3.63) is 53.3 Å². The van der Waals surface area contributed by atoms with E-state index in [0.29, 0.717) is 18.9 Å². The summed E-state index contributed by atoms with van der Waals surface area (Å²) in [6.45, 7) is 4.75. The quantitative estimate of drug-likeness (QED) is 0.856. The van der Waals surface area contributed by atoms with E-state index in [9.17, 15) is 4.79 Å². The van der Waals surface area contributed by atoms with E-state index >= 15 is 0 Å². The molecule has 1 amide bonds. The zero-order valence-electron chi connectivity index (χ0n) is 13.4. The summed E-state index contributed by atoms with van der Waals surface area (Å²) in [5.74, 6) is 0.465. The number of nitrogens with zero attached hydrogens (tertiary/aromatic N) is 2. The Morgan fingerprint density at radius 2 is 1.91 bits per heavy atom. The number of benzene rings is 1. The number of hydrogen-bond acceptors (Lipinski definition) is 3. The molecule has 5 heteroatoms. The van der Waals surface area contributed by atoms with E-state index in [2.05, 4.69) is 36.4 Å². The zero-order chi connectivity index (χ0) is 16.1. The molecule has 0 saturated heterocycles. The van der Waals surface area contributed by atoms with Crippen molar-refractivity contribution in [1.82, 2.24) is 15.1 Å². The summed E-state index contributed by atoms with van der Waals surface area (Å²) in [6, 6.07) is 8.06. The third-order valence-corrected chi connectivity index (χ3v) is 3.67. The van der Waals surface area contributed by atoms with Gasteiger partial charge in [0.1, 0.15) is 0 Å². The number of nitrogens with two attached hydrogens (primary N) is 1. The van der Waals surface area contributed by atoms with Crippen molar-refractivity contribution in [1.29, 1.82) is 0 Å². The largest absolute Gasteiger partial charge is 0.354 e. The summed E-state index contributed by atoms with van der Waals surface area (Å²) >= 11 is 0. The fourth-order valence-electron chi connectivity index (χ4n) is 2.28.